The van der Waals surface area contributed by atoms with Gasteiger partial charge in [0.05, 0.1) is 10.7 Å². The van der Waals surface area contributed by atoms with Gasteiger partial charge >= 0.3 is 0 Å². The third-order valence-electron chi connectivity index (χ3n) is 7.38. The maximum atomic E-state index is 13.1. The van der Waals surface area contributed by atoms with Gasteiger partial charge < -0.3 is 20.1 Å². The Morgan fingerprint density at radius 3 is 2.26 bits per heavy atom. The fraction of sp³-hybridized carbons (Fsp3) is 0.367. The molecule has 0 aromatic heterocycles. The van der Waals surface area contributed by atoms with Gasteiger partial charge in [0, 0.05) is 47.0 Å². The second kappa shape index (κ2) is 10.9. The van der Waals surface area contributed by atoms with Gasteiger partial charge in [-0.2, -0.15) is 0 Å². The number of carbonyl (C=O) groups is 3. The Morgan fingerprint density at radius 2 is 1.66 bits per heavy atom. The number of aryl methyl sites for hydroxylation is 2. The number of methoxy groups -OCH3 is 1. The van der Waals surface area contributed by atoms with E-state index in [-0.39, 0.29) is 24.1 Å². The molecule has 3 aliphatic rings. The SMILES string of the molecule is COc1cc(C2C3=C(CCCC3=O)NC3=C2C(=O)CCC3)cc(I)c1OCC(=O)Nc1ccc(C)cc1C. The third-order valence-corrected chi connectivity index (χ3v) is 8.18. The van der Waals surface area contributed by atoms with Crippen LogP contribution in [0.25, 0.3) is 0 Å². The number of halogens is 1. The van der Waals surface area contributed by atoms with Crippen LogP contribution < -0.4 is 20.1 Å². The van der Waals surface area contributed by atoms with Crippen LogP contribution in [0.4, 0.5) is 5.69 Å². The number of carbonyl (C=O) groups excluding carboxylic acids is 3. The molecule has 2 aromatic rings. The summed E-state index contributed by atoms with van der Waals surface area (Å²) in [5.41, 5.74) is 6.96. The van der Waals surface area contributed by atoms with Crippen LogP contribution >= 0.6 is 22.6 Å². The third kappa shape index (κ3) is 5.10. The lowest BCUT2D eigenvalue weighted by atomic mass is 9.71. The van der Waals surface area contributed by atoms with Crippen LogP contribution in [0.3, 0.4) is 0 Å². The molecule has 38 heavy (non-hydrogen) atoms. The molecule has 0 saturated heterocycles. The van der Waals surface area contributed by atoms with E-state index in [0.717, 1.165) is 63.0 Å². The Balaban J connectivity index is 1.44. The molecule has 0 saturated carbocycles. The zero-order valence-electron chi connectivity index (χ0n) is 21.8. The van der Waals surface area contributed by atoms with Crippen molar-refractivity contribution >= 4 is 45.8 Å². The number of rotatable bonds is 6. The second-order valence-corrected chi connectivity index (χ2v) is 11.2. The van der Waals surface area contributed by atoms with Gasteiger partial charge in [0.1, 0.15) is 0 Å². The molecule has 2 aliphatic carbocycles. The summed E-state index contributed by atoms with van der Waals surface area (Å²) in [4.78, 5) is 38.9. The summed E-state index contributed by atoms with van der Waals surface area (Å²) in [7, 11) is 1.55. The lowest BCUT2D eigenvalue weighted by molar-refractivity contribution is -0.118. The number of anilines is 1. The molecule has 0 radical (unpaired) electrons. The molecule has 0 bridgehead atoms. The van der Waals surface area contributed by atoms with E-state index in [1.807, 2.05) is 44.2 Å². The van der Waals surface area contributed by atoms with E-state index < -0.39 is 5.92 Å². The zero-order chi connectivity index (χ0) is 27.0. The fourth-order valence-corrected chi connectivity index (χ4v) is 6.42. The van der Waals surface area contributed by atoms with Crippen LogP contribution in [0.1, 0.15) is 61.1 Å². The predicted molar refractivity (Wildman–Crippen MR) is 153 cm³/mol. The molecule has 5 rings (SSSR count). The summed E-state index contributed by atoms with van der Waals surface area (Å²) >= 11 is 2.16. The maximum Gasteiger partial charge on any atom is 0.262 e. The van der Waals surface area contributed by atoms with Crippen molar-refractivity contribution in [3.8, 4) is 11.5 Å². The number of hydrogen-bond donors (Lipinski definition) is 2. The minimum absolute atomic E-state index is 0.0889. The summed E-state index contributed by atoms with van der Waals surface area (Å²) in [6.45, 7) is 3.77. The number of nitrogens with one attached hydrogen (secondary N) is 2. The van der Waals surface area contributed by atoms with Crippen molar-refractivity contribution in [2.75, 3.05) is 19.0 Å². The van der Waals surface area contributed by atoms with Crippen molar-refractivity contribution < 1.29 is 23.9 Å². The average Bonchev–Trinajstić information content (AvgIpc) is 2.88. The van der Waals surface area contributed by atoms with Crippen molar-refractivity contribution in [3.63, 3.8) is 0 Å². The maximum absolute atomic E-state index is 13.1. The van der Waals surface area contributed by atoms with Gasteiger partial charge in [0.2, 0.25) is 0 Å². The summed E-state index contributed by atoms with van der Waals surface area (Å²) in [6, 6.07) is 9.62. The van der Waals surface area contributed by atoms with Gasteiger partial charge in [0.15, 0.2) is 29.7 Å². The van der Waals surface area contributed by atoms with Crippen molar-refractivity contribution in [3.05, 3.63) is 73.1 Å². The largest absolute Gasteiger partial charge is 0.493 e. The topological polar surface area (TPSA) is 93.7 Å². The van der Waals surface area contributed by atoms with Gasteiger partial charge in [-0.05, 0) is 91.4 Å². The lowest BCUT2D eigenvalue weighted by Crippen LogP contribution is -2.36. The number of hydrogen-bond acceptors (Lipinski definition) is 6. The van der Waals surface area contributed by atoms with Gasteiger partial charge in [-0.15, -0.1) is 0 Å². The Labute approximate surface area is 236 Å². The van der Waals surface area contributed by atoms with Crippen LogP contribution in [0.2, 0.25) is 0 Å². The first-order valence-electron chi connectivity index (χ1n) is 12.9. The van der Waals surface area contributed by atoms with Crippen molar-refractivity contribution in [2.45, 2.75) is 58.3 Å². The molecule has 1 amide bonds. The van der Waals surface area contributed by atoms with Gasteiger partial charge in [-0.1, -0.05) is 17.7 Å². The van der Waals surface area contributed by atoms with Crippen LogP contribution in [0.5, 0.6) is 11.5 Å². The summed E-state index contributed by atoms with van der Waals surface area (Å²) in [5.74, 6) is 0.390. The fourth-order valence-electron chi connectivity index (χ4n) is 5.64. The van der Waals surface area contributed by atoms with E-state index in [1.54, 1.807) is 7.11 Å². The molecule has 7 nitrogen and oxygen atoms in total. The number of amides is 1. The smallest absolute Gasteiger partial charge is 0.262 e. The Hall–Kier alpha value is -3.14. The number of dihydropyridines is 1. The van der Waals surface area contributed by atoms with Gasteiger partial charge in [-0.3, -0.25) is 14.4 Å². The van der Waals surface area contributed by atoms with Crippen LogP contribution in [0.15, 0.2) is 52.9 Å². The second-order valence-electron chi connectivity index (χ2n) is 10.1. The van der Waals surface area contributed by atoms with E-state index in [9.17, 15) is 14.4 Å². The molecule has 198 valence electrons. The van der Waals surface area contributed by atoms with E-state index in [2.05, 4.69) is 33.2 Å². The standard InChI is InChI=1S/C30H31IN2O5/c1-16-10-11-20(17(2)12-16)33-26(36)15-38-30-19(31)13-18(14-25(30)37-3)27-28-21(6-4-8-23(28)34)32-22-7-5-9-24(35)29(22)27/h10-14,27,32H,4-9,15H2,1-3H3,(H,33,36). The Morgan fingerprint density at radius 1 is 1.00 bits per heavy atom. The Bertz CT molecular complexity index is 1370. The Kier molecular flexibility index (Phi) is 7.61. The van der Waals surface area contributed by atoms with Gasteiger partial charge in [0.25, 0.3) is 5.91 Å². The van der Waals surface area contributed by atoms with Crippen molar-refractivity contribution in [1.29, 1.82) is 0 Å². The highest BCUT2D eigenvalue weighted by Gasteiger charge is 2.40. The highest BCUT2D eigenvalue weighted by Crippen LogP contribution is 2.47. The van der Waals surface area contributed by atoms with Crippen molar-refractivity contribution in [2.24, 2.45) is 0 Å². The highest BCUT2D eigenvalue weighted by molar-refractivity contribution is 14.1. The molecule has 2 N–H and O–H groups in total. The van der Waals surface area contributed by atoms with Gasteiger partial charge in [-0.25, -0.2) is 0 Å². The highest BCUT2D eigenvalue weighted by atomic mass is 127. The van der Waals surface area contributed by atoms with E-state index in [4.69, 9.17) is 9.47 Å². The predicted octanol–water partition coefficient (Wildman–Crippen LogP) is 5.64. The molecule has 0 fully saturated rings. The first-order valence-corrected chi connectivity index (χ1v) is 14.0. The van der Waals surface area contributed by atoms with Crippen LogP contribution in [-0.4, -0.2) is 31.2 Å². The van der Waals surface area contributed by atoms with Crippen LogP contribution in [-0.2, 0) is 14.4 Å². The zero-order valence-corrected chi connectivity index (χ0v) is 24.0. The van der Waals surface area contributed by atoms with Crippen LogP contribution in [0, 0.1) is 17.4 Å². The number of allylic oxidation sites excluding steroid dienone is 4. The lowest BCUT2D eigenvalue weighted by Gasteiger charge is -2.37. The summed E-state index contributed by atoms with van der Waals surface area (Å²) in [6.07, 6.45) is 4.19. The number of ether oxygens (including phenoxy) is 2. The van der Waals surface area contributed by atoms with E-state index in [0.29, 0.717) is 35.5 Å². The molecular weight excluding hydrogens is 595 g/mol. The quantitative estimate of drug-likeness (QED) is 0.404. The molecule has 8 heteroatoms. The average molecular weight is 626 g/mol. The first-order chi connectivity index (χ1) is 18.3. The van der Waals surface area contributed by atoms with Crippen molar-refractivity contribution in [1.82, 2.24) is 5.32 Å². The number of ketones is 2. The molecule has 1 heterocycles. The minimum Gasteiger partial charge on any atom is -0.493 e. The molecular formula is C30H31IN2O5. The molecule has 0 atom stereocenters. The first kappa shape index (κ1) is 26.5. The molecule has 0 unspecified atom stereocenters. The molecule has 1 aliphatic heterocycles. The minimum atomic E-state index is -0.425. The summed E-state index contributed by atoms with van der Waals surface area (Å²) < 4.78 is 12.4. The molecule has 0 spiro atoms. The van der Waals surface area contributed by atoms with E-state index >= 15 is 0 Å². The number of benzene rings is 2. The molecule has 2 aromatic carbocycles. The normalized spacial score (nSPS) is 17.6. The van der Waals surface area contributed by atoms with E-state index in [1.165, 1.54) is 0 Å². The number of Topliss-reactive ketones (excluding diaryl/α,β-unsaturated/α-hetero) is 2. The monoisotopic (exact) mass is 626 g/mol. The summed E-state index contributed by atoms with van der Waals surface area (Å²) in [5, 5.41) is 6.35.